The number of hydrogen-bond acceptors (Lipinski definition) is 2. The highest BCUT2D eigenvalue weighted by atomic mass is 16.2. The smallest absolute Gasteiger partial charge is 0.233 e. The molecule has 3 nitrogen and oxygen atoms in total. The molecule has 104 valence electrons. The first kappa shape index (κ1) is 12.9. The van der Waals surface area contributed by atoms with Crippen molar-refractivity contribution in [1.82, 2.24) is 4.90 Å². The Morgan fingerprint density at radius 3 is 2.26 bits per heavy atom. The number of nitrogens with zero attached hydrogens (tertiary/aromatic N) is 1. The number of carbonyl (C=O) groups is 2. The lowest BCUT2D eigenvalue weighted by Gasteiger charge is -2.19. The normalized spacial score (nSPS) is 31.4. The van der Waals surface area contributed by atoms with Crippen molar-refractivity contribution in [2.75, 3.05) is 6.54 Å². The van der Waals surface area contributed by atoms with Gasteiger partial charge in [0.2, 0.25) is 11.8 Å². The van der Waals surface area contributed by atoms with Gasteiger partial charge in [-0.1, -0.05) is 24.5 Å². The minimum absolute atomic E-state index is 0.0154. The maximum atomic E-state index is 12.3. The molecular formula is C16H23NO2. The van der Waals surface area contributed by atoms with Crippen molar-refractivity contribution in [1.29, 1.82) is 0 Å². The Morgan fingerprint density at radius 1 is 1.00 bits per heavy atom. The molecule has 0 aromatic heterocycles. The van der Waals surface area contributed by atoms with E-state index >= 15 is 0 Å². The third-order valence-corrected chi connectivity index (χ3v) is 4.97. The van der Waals surface area contributed by atoms with Crippen LogP contribution in [0.5, 0.6) is 0 Å². The Bertz CT molecular complexity index is 389. The molecule has 2 amide bonds. The number of allylic oxidation sites excluding steroid dienone is 1. The average Bonchev–Trinajstić information content (AvgIpc) is 2.71. The van der Waals surface area contributed by atoms with Gasteiger partial charge in [0.15, 0.2) is 0 Å². The van der Waals surface area contributed by atoms with E-state index in [-0.39, 0.29) is 23.7 Å². The number of rotatable bonds is 3. The van der Waals surface area contributed by atoms with Crippen molar-refractivity contribution in [3.05, 3.63) is 11.6 Å². The molecule has 3 heteroatoms. The minimum atomic E-state index is 0.0154. The summed E-state index contributed by atoms with van der Waals surface area (Å²) in [6.07, 6.45) is 12.2. The molecule has 19 heavy (non-hydrogen) atoms. The van der Waals surface area contributed by atoms with Crippen LogP contribution in [0.15, 0.2) is 11.6 Å². The molecule has 1 heterocycles. The highest BCUT2D eigenvalue weighted by Crippen LogP contribution is 2.38. The van der Waals surface area contributed by atoms with Crippen LogP contribution in [0.1, 0.15) is 57.8 Å². The number of amides is 2. The molecule has 2 atom stereocenters. The van der Waals surface area contributed by atoms with Crippen LogP contribution in [0.25, 0.3) is 0 Å². The molecule has 3 rings (SSSR count). The molecule has 1 saturated heterocycles. The van der Waals surface area contributed by atoms with E-state index < -0.39 is 0 Å². The van der Waals surface area contributed by atoms with Gasteiger partial charge >= 0.3 is 0 Å². The van der Waals surface area contributed by atoms with Gasteiger partial charge in [-0.3, -0.25) is 14.5 Å². The summed E-state index contributed by atoms with van der Waals surface area (Å²) in [4.78, 5) is 26.2. The zero-order valence-corrected chi connectivity index (χ0v) is 11.6. The third kappa shape index (κ3) is 2.47. The van der Waals surface area contributed by atoms with Crippen molar-refractivity contribution in [2.24, 2.45) is 11.8 Å². The zero-order valence-electron chi connectivity index (χ0n) is 11.6. The number of likely N-dealkylation sites (tertiary alicyclic amines) is 1. The van der Waals surface area contributed by atoms with Gasteiger partial charge in [0.1, 0.15) is 0 Å². The van der Waals surface area contributed by atoms with Crippen LogP contribution in [0, 0.1) is 11.8 Å². The first-order chi connectivity index (χ1) is 9.27. The van der Waals surface area contributed by atoms with Gasteiger partial charge in [-0.15, -0.1) is 0 Å². The number of hydrogen-bond donors (Lipinski definition) is 0. The molecule has 0 bridgehead atoms. The van der Waals surface area contributed by atoms with Gasteiger partial charge in [0.25, 0.3) is 0 Å². The quantitative estimate of drug-likeness (QED) is 0.578. The lowest BCUT2D eigenvalue weighted by atomic mass is 9.81. The summed E-state index contributed by atoms with van der Waals surface area (Å²) in [6.45, 7) is 0.622. The molecule has 0 spiro atoms. The second-order valence-corrected chi connectivity index (χ2v) is 6.18. The number of carbonyl (C=O) groups excluding carboxylic acids is 2. The van der Waals surface area contributed by atoms with E-state index in [9.17, 15) is 9.59 Å². The van der Waals surface area contributed by atoms with Crippen molar-refractivity contribution >= 4 is 11.8 Å². The third-order valence-electron chi connectivity index (χ3n) is 4.97. The summed E-state index contributed by atoms with van der Waals surface area (Å²) < 4.78 is 0. The largest absolute Gasteiger partial charge is 0.282 e. The van der Waals surface area contributed by atoms with Gasteiger partial charge < -0.3 is 0 Å². The maximum absolute atomic E-state index is 12.3. The highest BCUT2D eigenvalue weighted by Gasteiger charge is 2.47. The Morgan fingerprint density at radius 2 is 1.68 bits per heavy atom. The van der Waals surface area contributed by atoms with Crippen molar-refractivity contribution in [3.63, 3.8) is 0 Å². The van der Waals surface area contributed by atoms with Crippen LogP contribution in [0.2, 0.25) is 0 Å². The fourth-order valence-electron chi connectivity index (χ4n) is 3.84. The van der Waals surface area contributed by atoms with Crippen LogP contribution in [-0.4, -0.2) is 23.3 Å². The predicted octanol–water partition coefficient (Wildman–Crippen LogP) is 3.05. The van der Waals surface area contributed by atoms with Gasteiger partial charge in [-0.2, -0.15) is 0 Å². The molecule has 0 radical (unpaired) electrons. The first-order valence-electron chi connectivity index (χ1n) is 7.80. The van der Waals surface area contributed by atoms with Crippen LogP contribution in [0.4, 0.5) is 0 Å². The summed E-state index contributed by atoms with van der Waals surface area (Å²) in [5.41, 5.74) is 1.45. The Balaban J connectivity index is 1.62. The fourth-order valence-corrected chi connectivity index (χ4v) is 3.84. The minimum Gasteiger partial charge on any atom is -0.282 e. The summed E-state index contributed by atoms with van der Waals surface area (Å²) >= 11 is 0. The van der Waals surface area contributed by atoms with Crippen molar-refractivity contribution < 1.29 is 9.59 Å². The second-order valence-electron chi connectivity index (χ2n) is 6.18. The van der Waals surface area contributed by atoms with E-state index in [4.69, 9.17) is 0 Å². The van der Waals surface area contributed by atoms with E-state index in [1.165, 1.54) is 24.8 Å². The van der Waals surface area contributed by atoms with E-state index in [0.717, 1.165) is 38.5 Å². The van der Waals surface area contributed by atoms with Crippen molar-refractivity contribution in [3.8, 4) is 0 Å². The molecule has 3 aliphatic rings. The summed E-state index contributed by atoms with van der Waals surface area (Å²) in [5.74, 6) is 0.264. The standard InChI is InChI=1S/C16H23NO2/c18-15-13-8-4-5-9-14(13)16(19)17(15)11-10-12-6-2-1-3-7-12/h6,13-14H,1-5,7-11H2. The highest BCUT2D eigenvalue weighted by molar-refractivity contribution is 6.05. The number of imide groups is 1. The molecule has 2 unspecified atom stereocenters. The SMILES string of the molecule is O=C1C2CCCCC2C(=O)N1CCC1=CCCCC1. The summed E-state index contributed by atoms with van der Waals surface area (Å²) in [7, 11) is 0. The molecule has 0 N–H and O–H groups in total. The lowest BCUT2D eigenvalue weighted by molar-refractivity contribution is -0.139. The topological polar surface area (TPSA) is 37.4 Å². The monoisotopic (exact) mass is 261 g/mol. The van der Waals surface area contributed by atoms with Gasteiger partial charge in [0, 0.05) is 6.54 Å². The van der Waals surface area contributed by atoms with Crippen LogP contribution in [-0.2, 0) is 9.59 Å². The van der Waals surface area contributed by atoms with E-state index in [2.05, 4.69) is 6.08 Å². The van der Waals surface area contributed by atoms with Crippen molar-refractivity contribution in [2.45, 2.75) is 57.8 Å². The second kappa shape index (κ2) is 5.48. The average molecular weight is 261 g/mol. The van der Waals surface area contributed by atoms with E-state index in [0.29, 0.717) is 6.54 Å². The summed E-state index contributed by atoms with van der Waals surface area (Å²) in [6, 6.07) is 0. The fraction of sp³-hybridized carbons (Fsp3) is 0.750. The zero-order chi connectivity index (χ0) is 13.2. The van der Waals surface area contributed by atoms with E-state index in [1.54, 1.807) is 4.90 Å². The first-order valence-corrected chi connectivity index (χ1v) is 7.80. The van der Waals surface area contributed by atoms with Crippen LogP contribution in [0.3, 0.4) is 0 Å². The Hall–Kier alpha value is -1.12. The molecule has 0 aromatic carbocycles. The Kier molecular flexibility index (Phi) is 3.72. The number of fused-ring (bicyclic) bond motifs is 1. The molecule has 0 aromatic rings. The van der Waals surface area contributed by atoms with E-state index in [1.807, 2.05) is 0 Å². The maximum Gasteiger partial charge on any atom is 0.233 e. The van der Waals surface area contributed by atoms with Crippen LogP contribution < -0.4 is 0 Å². The summed E-state index contributed by atoms with van der Waals surface area (Å²) in [5, 5.41) is 0. The molecular weight excluding hydrogens is 238 g/mol. The lowest BCUT2D eigenvalue weighted by Crippen LogP contribution is -2.32. The molecule has 1 saturated carbocycles. The van der Waals surface area contributed by atoms with Gasteiger partial charge in [-0.25, -0.2) is 0 Å². The van der Waals surface area contributed by atoms with Gasteiger partial charge in [0.05, 0.1) is 11.8 Å². The predicted molar refractivity (Wildman–Crippen MR) is 73.3 cm³/mol. The molecule has 1 aliphatic heterocycles. The Labute approximate surface area is 115 Å². The van der Waals surface area contributed by atoms with Crippen LogP contribution >= 0.6 is 0 Å². The molecule has 2 fully saturated rings. The van der Waals surface area contributed by atoms with Gasteiger partial charge in [-0.05, 0) is 44.9 Å². The molecule has 2 aliphatic carbocycles.